The zero-order valence-corrected chi connectivity index (χ0v) is 17.6. The molecule has 0 atom stereocenters. The predicted octanol–water partition coefficient (Wildman–Crippen LogP) is 6.54. The van der Waals surface area contributed by atoms with Crippen LogP contribution in [0.5, 0.6) is 0 Å². The summed E-state index contributed by atoms with van der Waals surface area (Å²) in [6.45, 7) is 0. The molecule has 0 unspecified atom stereocenters. The Balaban J connectivity index is 1.95. The smallest absolute Gasteiger partial charge is 0.216 e. The third-order valence-electron chi connectivity index (χ3n) is 3.49. The van der Waals surface area contributed by atoms with Crippen LogP contribution in [0.3, 0.4) is 0 Å². The van der Waals surface area contributed by atoms with Crippen molar-refractivity contribution in [3.05, 3.63) is 80.5 Å². The lowest BCUT2D eigenvalue weighted by atomic mass is 10.3. The Hall–Kier alpha value is -1.75. The lowest BCUT2D eigenvalue weighted by Gasteiger charge is -2.04. The van der Waals surface area contributed by atoms with Gasteiger partial charge in [0.25, 0.3) is 0 Å². The van der Waals surface area contributed by atoms with Gasteiger partial charge in [0, 0.05) is 20.5 Å². The van der Waals surface area contributed by atoms with E-state index in [0.29, 0.717) is 15.6 Å². The SMILES string of the molecule is N#C/C(=C\c1ccsc1Sc1ccc(Cl)cc1)S(=O)(=O)c1ccc(Cl)cc1. The van der Waals surface area contributed by atoms with Crippen LogP contribution < -0.4 is 0 Å². The van der Waals surface area contributed by atoms with E-state index < -0.39 is 9.84 Å². The molecule has 0 radical (unpaired) electrons. The quantitative estimate of drug-likeness (QED) is 0.412. The molecule has 2 aromatic carbocycles. The van der Waals surface area contributed by atoms with E-state index in [0.717, 1.165) is 9.10 Å². The number of benzene rings is 2. The van der Waals surface area contributed by atoms with Crippen molar-refractivity contribution in [2.75, 3.05) is 0 Å². The van der Waals surface area contributed by atoms with Gasteiger partial charge in [-0.1, -0.05) is 35.0 Å². The number of hydrogen-bond donors (Lipinski definition) is 0. The van der Waals surface area contributed by atoms with Crippen molar-refractivity contribution < 1.29 is 8.42 Å². The van der Waals surface area contributed by atoms with Crippen molar-refractivity contribution in [3.8, 4) is 6.07 Å². The van der Waals surface area contributed by atoms with Crippen LogP contribution in [-0.2, 0) is 9.84 Å². The van der Waals surface area contributed by atoms with Gasteiger partial charge in [0.1, 0.15) is 11.0 Å². The van der Waals surface area contributed by atoms with Crippen LogP contribution in [-0.4, -0.2) is 8.42 Å². The van der Waals surface area contributed by atoms with Gasteiger partial charge in [-0.05, 0) is 66.1 Å². The lowest BCUT2D eigenvalue weighted by Crippen LogP contribution is -2.03. The molecule has 0 amide bonds. The van der Waals surface area contributed by atoms with E-state index in [2.05, 4.69) is 0 Å². The van der Waals surface area contributed by atoms with Gasteiger partial charge in [0.05, 0.1) is 9.10 Å². The van der Waals surface area contributed by atoms with E-state index in [-0.39, 0.29) is 9.80 Å². The Bertz CT molecular complexity index is 1130. The second-order valence-corrected chi connectivity index (χ2v) is 10.3. The van der Waals surface area contributed by atoms with Crippen LogP contribution >= 0.6 is 46.3 Å². The highest BCUT2D eigenvalue weighted by Gasteiger charge is 2.21. The van der Waals surface area contributed by atoms with Crippen molar-refractivity contribution in [1.82, 2.24) is 0 Å². The molecule has 0 spiro atoms. The molecule has 0 aliphatic rings. The monoisotopic (exact) mass is 451 g/mol. The van der Waals surface area contributed by atoms with E-state index in [1.54, 1.807) is 18.2 Å². The van der Waals surface area contributed by atoms with Crippen molar-refractivity contribution in [2.24, 2.45) is 0 Å². The van der Waals surface area contributed by atoms with Gasteiger partial charge in [-0.25, -0.2) is 8.42 Å². The molecule has 0 saturated carbocycles. The molecule has 1 aromatic heterocycles. The molecule has 1 heterocycles. The number of sulfone groups is 1. The van der Waals surface area contributed by atoms with Gasteiger partial charge in [0.15, 0.2) is 0 Å². The van der Waals surface area contributed by atoms with Crippen LogP contribution in [0.25, 0.3) is 6.08 Å². The number of allylic oxidation sites excluding steroid dienone is 1. The fourth-order valence-electron chi connectivity index (χ4n) is 2.16. The number of rotatable bonds is 5. The molecule has 3 nitrogen and oxygen atoms in total. The molecular weight excluding hydrogens is 441 g/mol. The minimum atomic E-state index is -3.92. The van der Waals surface area contributed by atoms with Crippen LogP contribution in [0.2, 0.25) is 10.0 Å². The molecule has 0 bridgehead atoms. The Morgan fingerprint density at radius 3 is 2.19 bits per heavy atom. The van der Waals surface area contributed by atoms with Gasteiger partial charge < -0.3 is 0 Å². The highest BCUT2D eigenvalue weighted by molar-refractivity contribution is 8.01. The summed E-state index contributed by atoms with van der Waals surface area (Å²) in [5.41, 5.74) is 0.675. The van der Waals surface area contributed by atoms with Gasteiger partial charge in [-0.15, -0.1) is 11.3 Å². The van der Waals surface area contributed by atoms with Crippen LogP contribution in [0.1, 0.15) is 5.56 Å². The minimum Gasteiger partial charge on any atom is -0.218 e. The highest BCUT2D eigenvalue weighted by Crippen LogP contribution is 2.37. The molecule has 3 aromatic rings. The average molecular weight is 452 g/mol. The molecule has 3 rings (SSSR count). The van der Waals surface area contributed by atoms with Gasteiger partial charge >= 0.3 is 0 Å². The topological polar surface area (TPSA) is 57.9 Å². The van der Waals surface area contributed by atoms with Gasteiger partial charge in [-0.3, -0.25) is 0 Å². The summed E-state index contributed by atoms with van der Waals surface area (Å²) >= 11 is 14.7. The lowest BCUT2D eigenvalue weighted by molar-refractivity contribution is 0.603. The van der Waals surface area contributed by atoms with E-state index in [1.807, 2.05) is 23.6 Å². The first-order valence-electron chi connectivity index (χ1n) is 7.53. The van der Waals surface area contributed by atoms with E-state index in [9.17, 15) is 13.7 Å². The molecule has 0 aliphatic heterocycles. The Morgan fingerprint density at radius 1 is 1.00 bits per heavy atom. The molecular formula is C19H11Cl2NO2S3. The summed E-state index contributed by atoms with van der Waals surface area (Å²) in [5, 5.41) is 12.4. The third-order valence-corrected chi connectivity index (χ3v) is 7.87. The Kier molecular flexibility index (Phi) is 6.30. The summed E-state index contributed by atoms with van der Waals surface area (Å²) in [4.78, 5) is 0.679. The average Bonchev–Trinajstić information content (AvgIpc) is 3.08. The molecule has 8 heteroatoms. The Labute approximate surface area is 175 Å². The number of thiophene rings is 1. The van der Waals surface area contributed by atoms with Crippen LogP contribution in [0.4, 0.5) is 0 Å². The standard InChI is InChI=1S/C19H11Cl2NO2S3/c20-14-1-5-16(6-2-14)26-19-13(9-10-25-19)11-18(12-22)27(23,24)17-7-3-15(21)4-8-17/h1-11H/b18-11+. The fourth-order valence-corrected chi connectivity index (χ4v) is 5.54. The second kappa shape index (κ2) is 8.51. The van der Waals surface area contributed by atoms with Crippen molar-refractivity contribution in [3.63, 3.8) is 0 Å². The summed E-state index contributed by atoms with van der Waals surface area (Å²) in [6, 6.07) is 16.7. The maximum absolute atomic E-state index is 12.8. The van der Waals surface area contributed by atoms with Gasteiger partial charge in [-0.2, -0.15) is 5.26 Å². The summed E-state index contributed by atoms with van der Waals surface area (Å²) in [5.74, 6) is 0. The summed E-state index contributed by atoms with van der Waals surface area (Å²) < 4.78 is 26.4. The number of hydrogen-bond acceptors (Lipinski definition) is 5. The third kappa shape index (κ3) is 4.75. The van der Waals surface area contributed by atoms with E-state index in [4.69, 9.17) is 23.2 Å². The number of halogens is 2. The number of nitriles is 1. The van der Waals surface area contributed by atoms with Crippen molar-refractivity contribution >= 4 is 62.2 Å². The molecule has 27 heavy (non-hydrogen) atoms. The van der Waals surface area contributed by atoms with Crippen LogP contribution in [0.15, 0.2) is 78.9 Å². The van der Waals surface area contributed by atoms with E-state index >= 15 is 0 Å². The Morgan fingerprint density at radius 2 is 1.59 bits per heavy atom. The molecule has 0 saturated heterocycles. The largest absolute Gasteiger partial charge is 0.218 e. The predicted molar refractivity (Wildman–Crippen MR) is 112 cm³/mol. The molecule has 0 N–H and O–H groups in total. The first kappa shape index (κ1) is 20.0. The number of nitrogens with zero attached hydrogens (tertiary/aromatic N) is 1. The summed E-state index contributed by atoms with van der Waals surface area (Å²) in [6.07, 6.45) is 1.40. The van der Waals surface area contributed by atoms with E-state index in [1.165, 1.54) is 53.4 Å². The highest BCUT2D eigenvalue weighted by atomic mass is 35.5. The normalized spacial score (nSPS) is 12.0. The first-order valence-corrected chi connectivity index (χ1v) is 11.5. The van der Waals surface area contributed by atoms with Gasteiger partial charge in [0.2, 0.25) is 9.84 Å². The molecule has 0 aliphatic carbocycles. The van der Waals surface area contributed by atoms with Crippen LogP contribution in [0, 0.1) is 11.3 Å². The van der Waals surface area contributed by atoms with Crippen molar-refractivity contribution in [2.45, 2.75) is 14.0 Å². The second-order valence-electron chi connectivity index (χ2n) is 5.30. The summed E-state index contributed by atoms with van der Waals surface area (Å²) in [7, 11) is -3.92. The first-order chi connectivity index (χ1) is 12.9. The minimum absolute atomic E-state index is 0.0295. The maximum Gasteiger partial charge on any atom is 0.216 e. The zero-order valence-electron chi connectivity index (χ0n) is 13.6. The zero-order chi connectivity index (χ0) is 19.4. The molecule has 0 fully saturated rings. The maximum atomic E-state index is 12.8. The van der Waals surface area contributed by atoms with Crippen molar-refractivity contribution in [1.29, 1.82) is 5.26 Å². The fraction of sp³-hybridized carbons (Fsp3) is 0. The molecule has 136 valence electrons.